The van der Waals surface area contributed by atoms with Crippen molar-refractivity contribution >= 4 is 14.1 Å². The Morgan fingerprint density at radius 2 is 1.20 bits per heavy atom. The third-order valence-corrected chi connectivity index (χ3v) is 0. The monoisotopic (exact) mass is 102 g/mol. The molecule has 0 aromatic carbocycles. The number of hydrogen-bond acceptors (Lipinski definition) is 0. The van der Waals surface area contributed by atoms with Crippen molar-refractivity contribution in [1.82, 2.24) is 0 Å². The molecule has 0 spiro atoms. The van der Waals surface area contributed by atoms with E-state index in [1.54, 1.807) is 0 Å². The molecule has 0 radical (unpaired) electrons. The van der Waals surface area contributed by atoms with Crippen LogP contribution >= 0.6 is 7.82 Å². The van der Waals surface area contributed by atoms with Crippen molar-refractivity contribution in [2.45, 2.75) is 0 Å². The highest BCUT2D eigenvalue weighted by molar-refractivity contribution is 7.58. The molecule has 0 aliphatic rings. The van der Waals surface area contributed by atoms with E-state index < -0.39 is 7.82 Å². The van der Waals surface area contributed by atoms with E-state index in [9.17, 15) is 12.6 Å². The fourth-order valence-electron chi connectivity index (χ4n) is 0. The van der Waals surface area contributed by atoms with Gasteiger partial charge in [0.2, 0.25) is 0 Å². The van der Waals surface area contributed by atoms with Crippen LogP contribution in [0.15, 0.2) is 0 Å². The summed E-state index contributed by atoms with van der Waals surface area (Å²) in [7, 11) is -5.14. The van der Waals surface area contributed by atoms with Crippen LogP contribution in [0.4, 0.5) is 12.6 Å². The first kappa shape index (κ1) is 5.09. The highest BCUT2D eigenvalue weighted by Crippen LogP contribution is 2.49. The van der Waals surface area contributed by atoms with Crippen LogP contribution in [0.2, 0.25) is 0 Å². The van der Waals surface area contributed by atoms with Crippen LogP contribution in [0.3, 0.4) is 0 Å². The molecule has 0 aliphatic carbocycles. The van der Waals surface area contributed by atoms with Crippen molar-refractivity contribution < 1.29 is 12.6 Å². The zero-order valence-electron chi connectivity index (χ0n) is 2.29. The van der Waals surface area contributed by atoms with E-state index in [1.165, 1.54) is 0 Å². The Balaban J connectivity index is 3.47. The molecule has 0 fully saturated rings. The molecule has 0 atom stereocenters. The molecule has 0 unspecified atom stereocenters. The minimum atomic E-state index is -5.14. The first-order chi connectivity index (χ1) is 2.00. The summed E-state index contributed by atoms with van der Waals surface area (Å²) < 4.78 is 31.1. The minimum absolute atomic E-state index is 1.88. The molecule has 0 nitrogen and oxygen atoms in total. The lowest BCUT2D eigenvalue weighted by Crippen LogP contribution is -1.33. The molecule has 0 aromatic heterocycles. The van der Waals surface area contributed by atoms with E-state index >= 15 is 0 Å². The predicted octanol–water partition coefficient (Wildman–Crippen LogP) is 2.09. The molecule has 0 saturated carbocycles. The maximum Gasteiger partial charge on any atom is 0.366 e. The number of halogens is 3. The second-order valence-electron chi connectivity index (χ2n) is 0.550. The van der Waals surface area contributed by atoms with Gasteiger partial charge in [0, 0.05) is 0 Å². The van der Waals surface area contributed by atoms with Crippen molar-refractivity contribution in [3.8, 4) is 0 Å². The third-order valence-electron chi connectivity index (χ3n) is 0. The van der Waals surface area contributed by atoms with Gasteiger partial charge in [-0.2, -0.15) is 12.6 Å². The summed E-state index contributed by atoms with van der Waals surface area (Å²) in [6, 6.07) is 0. The standard InChI is InChI=1S/CH2F3P/c1-5(2,3)4/h1H2. The first-order valence-corrected chi connectivity index (χ1v) is 2.47. The summed E-state index contributed by atoms with van der Waals surface area (Å²) in [4.78, 5) is 0. The van der Waals surface area contributed by atoms with Crippen LogP contribution in [0.5, 0.6) is 0 Å². The summed E-state index contributed by atoms with van der Waals surface area (Å²) in [6.07, 6.45) is 1.88. The zero-order valence-corrected chi connectivity index (χ0v) is 3.18. The second-order valence-corrected chi connectivity index (χ2v) is 1.65. The van der Waals surface area contributed by atoms with Crippen molar-refractivity contribution in [3.63, 3.8) is 0 Å². The first-order valence-electron chi connectivity index (χ1n) is 0.823. The van der Waals surface area contributed by atoms with Crippen molar-refractivity contribution in [1.29, 1.82) is 0 Å². The highest BCUT2D eigenvalue weighted by Gasteiger charge is 2.00. The van der Waals surface area contributed by atoms with Gasteiger partial charge in [0.25, 0.3) is 0 Å². The number of rotatable bonds is 0. The number of hydrogen-bond donors (Lipinski definition) is 0. The van der Waals surface area contributed by atoms with Crippen molar-refractivity contribution in [2.24, 2.45) is 0 Å². The lowest BCUT2D eigenvalue weighted by atomic mass is 12.0. The fourth-order valence-corrected chi connectivity index (χ4v) is 0. The summed E-state index contributed by atoms with van der Waals surface area (Å²) in [5.41, 5.74) is 0. The Hall–Kier alpha value is 0.0900. The average Bonchev–Trinajstić information content (AvgIpc) is 0.722. The van der Waals surface area contributed by atoms with Gasteiger partial charge in [-0.25, -0.2) is 0 Å². The summed E-state index contributed by atoms with van der Waals surface area (Å²) in [6.45, 7) is 0. The quantitative estimate of drug-likeness (QED) is 0.411. The van der Waals surface area contributed by atoms with Gasteiger partial charge in [-0.05, 0) is 6.30 Å². The van der Waals surface area contributed by atoms with Crippen LogP contribution in [0.25, 0.3) is 0 Å². The van der Waals surface area contributed by atoms with Crippen LogP contribution in [-0.4, -0.2) is 6.30 Å². The predicted molar refractivity (Wildman–Crippen MR) is 17.4 cm³/mol. The Morgan fingerprint density at radius 3 is 1.20 bits per heavy atom. The van der Waals surface area contributed by atoms with Gasteiger partial charge >= 0.3 is 7.82 Å². The summed E-state index contributed by atoms with van der Waals surface area (Å²) in [5, 5.41) is 0. The minimum Gasteiger partial charge on any atom is -0.159 e. The zero-order chi connectivity index (χ0) is 4.50. The molecule has 0 rings (SSSR count). The van der Waals surface area contributed by atoms with E-state index in [0.29, 0.717) is 0 Å². The molecule has 5 heavy (non-hydrogen) atoms. The van der Waals surface area contributed by atoms with E-state index in [2.05, 4.69) is 0 Å². The van der Waals surface area contributed by atoms with E-state index in [-0.39, 0.29) is 0 Å². The van der Waals surface area contributed by atoms with E-state index in [0.717, 1.165) is 0 Å². The Bertz CT molecular complexity index is 53.0. The van der Waals surface area contributed by atoms with Gasteiger partial charge in [-0.3, -0.25) is 0 Å². The molecule has 4 heteroatoms. The molecule has 32 valence electrons. The van der Waals surface area contributed by atoms with E-state index in [1.807, 2.05) is 6.30 Å². The Kier molecular flexibility index (Phi) is 1.07. The molecule has 0 aliphatic heterocycles. The van der Waals surface area contributed by atoms with Crippen molar-refractivity contribution in [3.05, 3.63) is 0 Å². The van der Waals surface area contributed by atoms with Gasteiger partial charge in [0.15, 0.2) is 0 Å². The van der Waals surface area contributed by atoms with E-state index in [4.69, 9.17) is 0 Å². The van der Waals surface area contributed by atoms with Gasteiger partial charge < -0.3 is 0 Å². The van der Waals surface area contributed by atoms with Gasteiger partial charge in [-0.1, -0.05) is 0 Å². The normalized spacial score (nSPS) is 11.8. The second kappa shape index (κ2) is 1.05. The molecule has 0 saturated heterocycles. The van der Waals surface area contributed by atoms with Gasteiger partial charge in [0.05, 0.1) is 0 Å². The summed E-state index contributed by atoms with van der Waals surface area (Å²) in [5.74, 6) is 0. The SMILES string of the molecule is C=P(F)(F)F. The lowest BCUT2D eigenvalue weighted by molar-refractivity contribution is 0.625. The maximum atomic E-state index is 10.4. The van der Waals surface area contributed by atoms with Crippen LogP contribution in [0, 0.1) is 0 Å². The average molecular weight is 102 g/mol. The topological polar surface area (TPSA) is 0 Å². The Morgan fingerprint density at radius 1 is 1.20 bits per heavy atom. The molecule has 0 heterocycles. The molecular weight excluding hydrogens is 100.0 g/mol. The maximum absolute atomic E-state index is 10.4. The van der Waals surface area contributed by atoms with Crippen LogP contribution in [-0.2, 0) is 0 Å². The molecule has 0 bridgehead atoms. The van der Waals surface area contributed by atoms with Gasteiger partial charge in [-0.15, -0.1) is 0 Å². The molecule has 0 N–H and O–H groups in total. The smallest absolute Gasteiger partial charge is 0.159 e. The highest BCUT2D eigenvalue weighted by atomic mass is 31.2. The van der Waals surface area contributed by atoms with Crippen LogP contribution in [0.1, 0.15) is 0 Å². The van der Waals surface area contributed by atoms with Gasteiger partial charge in [0.1, 0.15) is 0 Å². The largest absolute Gasteiger partial charge is 0.366 e. The third kappa shape index (κ3) is 2210. The Labute approximate surface area is 27.9 Å². The lowest BCUT2D eigenvalue weighted by Gasteiger charge is -1.77. The molecular formula is CH2F3P. The summed E-state index contributed by atoms with van der Waals surface area (Å²) >= 11 is 0. The fraction of sp³-hybridized carbons (Fsp3) is 0. The molecule has 0 aromatic rings. The molecule has 0 amide bonds. The van der Waals surface area contributed by atoms with Crippen molar-refractivity contribution in [2.75, 3.05) is 0 Å². The van der Waals surface area contributed by atoms with Crippen LogP contribution < -0.4 is 0 Å².